The standard InChI is InChI=1S/C50H76Cl2N8O8/c1-10-17-37-45(64)57(7)24-15-14-19-40(43(62)55-39(32-49(4,5)6)47(66)59(9)41(44(63)54-37)31-33-30-34(51)20-21-35(33)52)58(8)46(65)38(18-13-16-25-60-26-28-68-29-27-60)53-42(61)36(11-2)56-48(67)50(12-3)22-23-50/h3,20-21,30,36-41H,10-11,13-19,22-29,31-32H2,1-2,4-9H3,(H,53,61)(H,54,63)(H,55,62)(H,56,67)/t36-,37+,38-,39-,40-,41-/m0/s1. The molecule has 0 bridgehead atoms. The summed E-state index contributed by atoms with van der Waals surface area (Å²) >= 11 is 13.0. The molecule has 16 nitrogen and oxygen atoms in total. The number of hydrogen-bond donors (Lipinski definition) is 4. The minimum absolute atomic E-state index is 0.0424. The molecule has 2 heterocycles. The van der Waals surface area contributed by atoms with E-state index in [-0.39, 0.29) is 38.0 Å². The number of rotatable bonds is 17. The molecule has 18 heteroatoms. The lowest BCUT2D eigenvalue weighted by Crippen LogP contribution is -2.61. The first kappa shape index (κ1) is 56.2. The highest BCUT2D eigenvalue weighted by molar-refractivity contribution is 6.33. The Morgan fingerprint density at radius 1 is 0.941 bits per heavy atom. The average molecular weight is 988 g/mol. The quantitative estimate of drug-likeness (QED) is 0.130. The number of ether oxygens (including phenoxy) is 1. The van der Waals surface area contributed by atoms with E-state index < -0.39 is 82.5 Å². The molecule has 3 fully saturated rings. The zero-order valence-corrected chi connectivity index (χ0v) is 43.0. The van der Waals surface area contributed by atoms with E-state index in [2.05, 4.69) is 32.1 Å². The van der Waals surface area contributed by atoms with Gasteiger partial charge in [-0.25, -0.2) is 0 Å². The van der Waals surface area contributed by atoms with Gasteiger partial charge in [0.1, 0.15) is 41.7 Å². The lowest BCUT2D eigenvalue weighted by atomic mass is 9.87. The van der Waals surface area contributed by atoms with Crippen LogP contribution in [0.5, 0.6) is 0 Å². The summed E-state index contributed by atoms with van der Waals surface area (Å²) in [4.78, 5) is 106. The maximum atomic E-state index is 14.9. The molecule has 2 saturated heterocycles. The lowest BCUT2D eigenvalue weighted by molar-refractivity contribution is -0.146. The van der Waals surface area contributed by atoms with Gasteiger partial charge in [0.15, 0.2) is 0 Å². The summed E-state index contributed by atoms with van der Waals surface area (Å²) in [6, 6.07) is -1.44. The molecular formula is C50H76Cl2N8O8. The van der Waals surface area contributed by atoms with Gasteiger partial charge in [0.2, 0.25) is 41.4 Å². The Kier molecular flexibility index (Phi) is 21.4. The zero-order chi connectivity index (χ0) is 50.3. The van der Waals surface area contributed by atoms with E-state index in [1.807, 2.05) is 27.7 Å². The number of nitrogens with zero attached hydrogens (tertiary/aromatic N) is 4. The molecule has 0 spiro atoms. The molecule has 1 aromatic carbocycles. The Balaban J connectivity index is 1.70. The number of terminal acetylenes is 1. The molecule has 0 aromatic heterocycles. The van der Waals surface area contributed by atoms with Gasteiger partial charge in [-0.1, -0.05) is 70.2 Å². The van der Waals surface area contributed by atoms with E-state index in [4.69, 9.17) is 34.4 Å². The number of halogens is 2. The summed E-state index contributed by atoms with van der Waals surface area (Å²) in [7, 11) is 4.67. The summed E-state index contributed by atoms with van der Waals surface area (Å²) in [6.07, 6.45) is 10.7. The van der Waals surface area contributed by atoms with Crippen LogP contribution in [0.25, 0.3) is 0 Å². The third-order valence-electron chi connectivity index (χ3n) is 13.3. The Bertz CT molecular complexity index is 1980. The van der Waals surface area contributed by atoms with Gasteiger partial charge in [-0.05, 0) is 106 Å². The van der Waals surface area contributed by atoms with Gasteiger partial charge in [-0.2, -0.15) is 0 Å². The monoisotopic (exact) mass is 987 g/mol. The molecule has 1 aromatic rings. The molecule has 2 aliphatic heterocycles. The molecule has 0 unspecified atom stereocenters. The number of morpholine rings is 1. The van der Waals surface area contributed by atoms with Gasteiger partial charge in [0, 0.05) is 57.2 Å². The summed E-state index contributed by atoms with van der Waals surface area (Å²) < 4.78 is 5.50. The van der Waals surface area contributed by atoms with Gasteiger partial charge in [-0.3, -0.25) is 38.5 Å². The second-order valence-electron chi connectivity index (χ2n) is 20.0. The highest BCUT2D eigenvalue weighted by Crippen LogP contribution is 2.45. The fourth-order valence-corrected chi connectivity index (χ4v) is 9.21. The fourth-order valence-electron chi connectivity index (χ4n) is 8.82. The van der Waals surface area contributed by atoms with Crippen LogP contribution in [0.1, 0.15) is 117 Å². The van der Waals surface area contributed by atoms with E-state index in [1.54, 1.807) is 37.1 Å². The number of carbonyl (C=O) groups excluding carboxylic acids is 7. The van der Waals surface area contributed by atoms with Crippen LogP contribution in [-0.4, -0.2) is 158 Å². The Morgan fingerprint density at radius 2 is 1.62 bits per heavy atom. The van der Waals surface area contributed by atoms with Crippen molar-refractivity contribution in [2.24, 2.45) is 10.8 Å². The molecule has 4 N–H and O–H groups in total. The molecular weight excluding hydrogens is 912 g/mol. The molecule has 1 aliphatic carbocycles. The van der Waals surface area contributed by atoms with Crippen LogP contribution >= 0.6 is 23.2 Å². The van der Waals surface area contributed by atoms with Crippen molar-refractivity contribution in [3.05, 3.63) is 33.8 Å². The highest BCUT2D eigenvalue weighted by Gasteiger charge is 2.49. The van der Waals surface area contributed by atoms with Crippen LogP contribution in [0.2, 0.25) is 10.0 Å². The van der Waals surface area contributed by atoms with E-state index in [0.29, 0.717) is 80.3 Å². The van der Waals surface area contributed by atoms with Gasteiger partial charge in [-0.15, -0.1) is 6.42 Å². The topological polar surface area (TPSA) is 190 Å². The van der Waals surface area contributed by atoms with Crippen LogP contribution in [0.4, 0.5) is 0 Å². The number of likely N-dealkylation sites (N-methyl/N-ethyl adjacent to an activating group) is 3. The van der Waals surface area contributed by atoms with Crippen LogP contribution in [0, 0.1) is 23.2 Å². The van der Waals surface area contributed by atoms with Crippen molar-refractivity contribution in [3.8, 4) is 12.3 Å². The van der Waals surface area contributed by atoms with Crippen molar-refractivity contribution >= 4 is 64.6 Å². The molecule has 6 atom stereocenters. The Hall–Kier alpha value is -4.43. The first-order valence-electron chi connectivity index (χ1n) is 24.4. The summed E-state index contributed by atoms with van der Waals surface area (Å²) in [5, 5.41) is 12.4. The minimum atomic E-state index is -1.17. The Labute approximate surface area is 414 Å². The minimum Gasteiger partial charge on any atom is -0.379 e. The molecule has 0 radical (unpaired) electrons. The predicted octanol–water partition coefficient (Wildman–Crippen LogP) is 4.33. The van der Waals surface area contributed by atoms with Crippen molar-refractivity contribution in [2.45, 2.75) is 154 Å². The predicted molar refractivity (Wildman–Crippen MR) is 263 cm³/mol. The first-order chi connectivity index (χ1) is 32.1. The Morgan fingerprint density at radius 3 is 2.24 bits per heavy atom. The van der Waals surface area contributed by atoms with Crippen LogP contribution < -0.4 is 21.3 Å². The summed E-state index contributed by atoms with van der Waals surface area (Å²) in [5.41, 5.74) is -0.918. The summed E-state index contributed by atoms with van der Waals surface area (Å²) in [5.74, 6) is -0.899. The second kappa shape index (κ2) is 26.0. The van der Waals surface area contributed by atoms with Gasteiger partial charge >= 0.3 is 0 Å². The molecule has 378 valence electrons. The van der Waals surface area contributed by atoms with Gasteiger partial charge in [0.25, 0.3) is 0 Å². The maximum Gasteiger partial charge on any atom is 0.245 e. The molecule has 68 heavy (non-hydrogen) atoms. The zero-order valence-electron chi connectivity index (χ0n) is 41.5. The molecule has 7 amide bonds. The number of unbranched alkanes of at least 4 members (excludes halogenated alkanes) is 1. The van der Waals surface area contributed by atoms with Gasteiger partial charge < -0.3 is 40.7 Å². The molecule has 3 aliphatic rings. The van der Waals surface area contributed by atoms with Crippen molar-refractivity contribution in [1.82, 2.24) is 40.9 Å². The van der Waals surface area contributed by atoms with E-state index >= 15 is 0 Å². The largest absolute Gasteiger partial charge is 0.379 e. The highest BCUT2D eigenvalue weighted by atomic mass is 35.5. The van der Waals surface area contributed by atoms with Gasteiger partial charge in [0.05, 0.1) is 13.2 Å². The van der Waals surface area contributed by atoms with Crippen molar-refractivity contribution in [2.75, 3.05) is 60.5 Å². The number of amides is 7. The number of hydrogen-bond acceptors (Lipinski definition) is 9. The SMILES string of the molecule is C#CC1(C(=O)N[C@@H](CC)C(=O)N[C@@H](CCCCN2CCOCC2)C(=O)N(C)[C@H]2CCCCN(C)C(=O)[C@@H](CCC)NC(=O)[C@H](Cc3cc(Cl)ccc3Cl)N(C)C(=O)[C@H](CC(C)(C)C)NC2=O)CC1. The normalized spacial score (nSPS) is 23.1. The maximum absolute atomic E-state index is 14.9. The number of benzene rings is 1. The summed E-state index contributed by atoms with van der Waals surface area (Å²) in [6.45, 7) is 13.5. The molecule has 4 rings (SSSR count). The van der Waals surface area contributed by atoms with Crippen LogP contribution in [-0.2, 0) is 44.7 Å². The first-order valence-corrected chi connectivity index (χ1v) is 25.1. The van der Waals surface area contributed by atoms with Crippen LogP contribution in [0.3, 0.4) is 0 Å². The van der Waals surface area contributed by atoms with Crippen molar-refractivity contribution < 1.29 is 38.3 Å². The van der Waals surface area contributed by atoms with E-state index in [0.717, 1.165) is 26.1 Å². The van der Waals surface area contributed by atoms with Crippen molar-refractivity contribution in [3.63, 3.8) is 0 Å². The van der Waals surface area contributed by atoms with E-state index in [9.17, 15) is 33.6 Å². The smallest absolute Gasteiger partial charge is 0.245 e. The lowest BCUT2D eigenvalue weighted by Gasteiger charge is -2.36. The second-order valence-corrected chi connectivity index (χ2v) is 20.8. The fraction of sp³-hybridized carbons (Fsp3) is 0.700. The molecule has 1 saturated carbocycles. The third-order valence-corrected chi connectivity index (χ3v) is 13.9. The van der Waals surface area contributed by atoms with E-state index in [1.165, 1.54) is 23.9 Å². The van der Waals surface area contributed by atoms with Crippen molar-refractivity contribution in [1.29, 1.82) is 0 Å². The van der Waals surface area contributed by atoms with Crippen LogP contribution in [0.15, 0.2) is 18.2 Å². The number of nitrogens with one attached hydrogen (secondary N) is 4. The average Bonchev–Trinajstić information content (AvgIpc) is 4.11. The number of carbonyl (C=O) groups is 7. The third kappa shape index (κ3) is 16.1.